The first-order valence-corrected chi connectivity index (χ1v) is 7.34. The van der Waals surface area contributed by atoms with Crippen molar-refractivity contribution in [3.05, 3.63) is 4.13 Å². The van der Waals surface area contributed by atoms with Crippen LogP contribution in [0.5, 0.6) is 0 Å². The zero-order valence-corrected chi connectivity index (χ0v) is 12.6. The number of alkyl halides is 12. The van der Waals surface area contributed by atoms with E-state index in [1.807, 2.05) is 0 Å². The van der Waals surface area contributed by atoms with Crippen molar-refractivity contribution in [2.75, 3.05) is 0 Å². The molecule has 0 fully saturated rings. The zero-order valence-electron chi connectivity index (χ0n) is 10.9. The normalized spacial score (nSPS) is 15.7. The summed E-state index contributed by atoms with van der Waals surface area (Å²) in [7, 11) is -15.9. The predicted molar refractivity (Wildman–Crippen MR) is 48.1 cm³/mol. The van der Waals surface area contributed by atoms with Crippen LogP contribution in [0, 0.1) is 0 Å². The Kier molecular flexibility index (Phi) is 7.14. The molecule has 5 nitrogen and oxygen atoms in total. The van der Waals surface area contributed by atoms with Gasteiger partial charge in [-0.25, -0.2) is 16.8 Å². The van der Waals surface area contributed by atoms with E-state index in [-0.39, 0.29) is 23.0 Å². The summed E-state index contributed by atoms with van der Waals surface area (Å²) in [6.07, 6.45) is -14.5. The first-order chi connectivity index (χ1) is 9.96. The Morgan fingerprint density at radius 2 is 0.800 bits per heavy atom. The third-order valence-electron chi connectivity index (χ3n) is 1.90. The maximum atomic E-state index is 12.7. The van der Waals surface area contributed by atoms with Gasteiger partial charge in [0, 0.05) is 0 Å². The third-order valence-corrected chi connectivity index (χ3v) is 5.25. The molecule has 0 saturated carbocycles. The number of sulfonamides is 2. The zero-order chi connectivity index (χ0) is 20.2. The molecule has 0 aliphatic carbocycles. The van der Waals surface area contributed by atoms with Crippen LogP contribution in [0.15, 0.2) is 0 Å². The Balaban J connectivity index is 0. The average Bonchev–Trinajstić information content (AvgIpc) is 2.23. The van der Waals surface area contributed by atoms with Gasteiger partial charge in [-0.05, 0) is 0 Å². The van der Waals surface area contributed by atoms with Crippen LogP contribution in [0.3, 0.4) is 0 Å². The number of hydrogen-bond acceptors (Lipinski definition) is 4. The summed E-state index contributed by atoms with van der Waals surface area (Å²) in [5.74, 6) is -7.56. The maximum absolute atomic E-state index is 12.7. The van der Waals surface area contributed by atoms with Gasteiger partial charge in [0.1, 0.15) is 0 Å². The fourth-order valence-electron chi connectivity index (χ4n) is 0.696. The quantitative estimate of drug-likeness (QED) is 0.447. The molecule has 0 unspecified atom stereocenters. The monoisotopic (exact) mass is 437 g/mol. The van der Waals surface area contributed by atoms with E-state index in [4.69, 9.17) is 0 Å². The van der Waals surface area contributed by atoms with Crippen molar-refractivity contribution in [1.29, 1.82) is 0 Å². The smallest absolute Gasteiger partial charge is 0.425 e. The first-order valence-electron chi connectivity index (χ1n) is 4.46. The van der Waals surface area contributed by atoms with Crippen LogP contribution in [-0.4, -0.2) is 45.6 Å². The van der Waals surface area contributed by atoms with Crippen LogP contribution in [0.25, 0.3) is 4.13 Å². The molecule has 0 aliphatic heterocycles. The molecule has 0 aromatic carbocycles. The Bertz CT molecular complexity index is 692. The molecule has 0 aromatic heterocycles. The molecular formula is C5F12LiNO4S2. The van der Waals surface area contributed by atoms with E-state index in [0.29, 0.717) is 0 Å². The van der Waals surface area contributed by atoms with E-state index in [1.54, 1.807) is 0 Å². The number of halogens is 12. The fourth-order valence-corrected chi connectivity index (χ4v) is 3.21. The van der Waals surface area contributed by atoms with E-state index in [0.717, 1.165) is 0 Å². The van der Waals surface area contributed by atoms with Gasteiger partial charge in [-0.3, -0.25) is 0 Å². The summed E-state index contributed by atoms with van der Waals surface area (Å²) < 4.78 is 188. The largest absolute Gasteiger partial charge is 1.00 e. The van der Waals surface area contributed by atoms with Crippen LogP contribution >= 0.6 is 0 Å². The maximum Gasteiger partial charge on any atom is 1.00 e. The molecule has 0 radical (unpaired) electrons. The van der Waals surface area contributed by atoms with Crippen molar-refractivity contribution in [3.63, 3.8) is 0 Å². The number of hydrogen-bond donors (Lipinski definition) is 0. The first kappa shape index (κ1) is 26.8. The molecule has 0 N–H and O–H groups in total. The van der Waals surface area contributed by atoms with Crippen LogP contribution in [0.2, 0.25) is 0 Å². The molecule has 0 saturated heterocycles. The molecule has 146 valence electrons. The average molecular weight is 437 g/mol. The van der Waals surface area contributed by atoms with Crippen LogP contribution in [-0.2, 0) is 20.0 Å². The number of nitrogens with zero attached hydrogens (tertiary/aromatic N) is 1. The second kappa shape index (κ2) is 6.65. The van der Waals surface area contributed by atoms with Crippen molar-refractivity contribution in [2.24, 2.45) is 0 Å². The van der Waals surface area contributed by atoms with E-state index >= 15 is 0 Å². The molecule has 20 heteroatoms. The molecule has 25 heavy (non-hydrogen) atoms. The van der Waals surface area contributed by atoms with Crippen LogP contribution < -0.4 is 18.9 Å². The minimum Gasteiger partial charge on any atom is -0.425 e. The van der Waals surface area contributed by atoms with Crippen molar-refractivity contribution >= 4 is 20.0 Å². The summed E-state index contributed by atoms with van der Waals surface area (Å²) in [6.45, 7) is 0. The fraction of sp³-hybridized carbons (Fsp3) is 1.00. The standard InChI is InChI=1S/C5F12NO4S2.Li/c6-1(7,2(8,9)10)4(14,15)23(19,20)18-24(21,22)5(16,17)3(11,12)13;/q-1;+1. The molecule has 0 amide bonds. The Labute approximate surface area is 142 Å². The van der Waals surface area contributed by atoms with E-state index in [1.165, 1.54) is 0 Å². The molecular weight excluding hydrogens is 437 g/mol. The van der Waals surface area contributed by atoms with E-state index in [9.17, 15) is 69.5 Å². The second-order valence-electron chi connectivity index (χ2n) is 3.63. The second-order valence-corrected chi connectivity index (χ2v) is 7.15. The summed E-state index contributed by atoms with van der Waals surface area (Å²) in [5, 5.41) is -14.7. The van der Waals surface area contributed by atoms with Gasteiger partial charge in [-0.1, -0.05) is 0 Å². The summed E-state index contributed by atoms with van der Waals surface area (Å²) in [6, 6.07) is 0. The summed E-state index contributed by atoms with van der Waals surface area (Å²) in [5.41, 5.74) is 0. The van der Waals surface area contributed by atoms with Crippen LogP contribution in [0.1, 0.15) is 0 Å². The molecule has 0 spiro atoms. The molecule has 0 heterocycles. The van der Waals surface area contributed by atoms with Gasteiger partial charge in [0.05, 0.1) is 0 Å². The van der Waals surface area contributed by atoms with Crippen LogP contribution in [0.4, 0.5) is 52.7 Å². The Morgan fingerprint density at radius 1 is 0.520 bits per heavy atom. The molecule has 0 rings (SSSR count). The molecule has 0 atom stereocenters. The van der Waals surface area contributed by atoms with Crippen molar-refractivity contribution in [1.82, 2.24) is 0 Å². The van der Waals surface area contributed by atoms with Gasteiger partial charge in [0.15, 0.2) is 20.0 Å². The third kappa shape index (κ3) is 4.31. The predicted octanol–water partition coefficient (Wildman–Crippen LogP) is -0.0308. The number of rotatable bonds is 5. The summed E-state index contributed by atoms with van der Waals surface area (Å²) >= 11 is 0. The van der Waals surface area contributed by atoms with Gasteiger partial charge in [-0.2, -0.15) is 52.7 Å². The van der Waals surface area contributed by atoms with Crippen molar-refractivity contribution in [2.45, 2.75) is 28.8 Å². The Hall–Kier alpha value is -0.383. The van der Waals surface area contributed by atoms with Gasteiger partial charge >= 0.3 is 47.6 Å². The van der Waals surface area contributed by atoms with Crippen molar-refractivity contribution < 1.29 is 88.4 Å². The van der Waals surface area contributed by atoms with Gasteiger partial charge in [0.25, 0.3) is 0 Å². The topological polar surface area (TPSA) is 82.4 Å². The van der Waals surface area contributed by atoms with Gasteiger partial charge in [-0.15, -0.1) is 0 Å². The minimum absolute atomic E-state index is 0. The van der Waals surface area contributed by atoms with E-state index < -0.39 is 48.8 Å². The van der Waals surface area contributed by atoms with Crippen molar-refractivity contribution in [3.8, 4) is 0 Å². The summed E-state index contributed by atoms with van der Waals surface area (Å²) in [4.78, 5) is 0. The minimum atomic E-state index is -8.05. The van der Waals surface area contributed by atoms with Gasteiger partial charge < -0.3 is 4.13 Å². The molecule has 0 bridgehead atoms. The SMILES string of the molecule is O=S(=O)([N-]S(=O)(=O)C(F)(F)C(F)(F)C(F)(F)F)C(F)(F)C(F)(F)F.[Li+]. The van der Waals surface area contributed by atoms with E-state index in [2.05, 4.69) is 0 Å². The molecule has 0 aromatic rings. The Morgan fingerprint density at radius 3 is 1.04 bits per heavy atom. The van der Waals surface area contributed by atoms with Gasteiger partial charge in [0.2, 0.25) is 0 Å². The molecule has 0 aliphatic rings.